The Bertz CT molecular complexity index is 757. The van der Waals surface area contributed by atoms with Gasteiger partial charge in [-0.1, -0.05) is 5.16 Å². The summed E-state index contributed by atoms with van der Waals surface area (Å²) in [4.78, 5) is 17.0. The van der Waals surface area contributed by atoms with E-state index in [-0.39, 0.29) is 30.7 Å². The highest BCUT2D eigenvalue weighted by Gasteiger charge is 2.24. The van der Waals surface area contributed by atoms with Gasteiger partial charge in [0.1, 0.15) is 0 Å². The number of piperazine rings is 1. The highest BCUT2D eigenvalue weighted by molar-refractivity contribution is 5.95. The Balaban J connectivity index is 0.00000121. The van der Waals surface area contributed by atoms with Crippen LogP contribution in [0.25, 0.3) is 0 Å². The van der Waals surface area contributed by atoms with Crippen LogP contribution in [0, 0.1) is 6.92 Å². The summed E-state index contributed by atoms with van der Waals surface area (Å²) >= 11 is 0. The van der Waals surface area contributed by atoms with E-state index < -0.39 is 0 Å². The highest BCUT2D eigenvalue weighted by atomic mass is 35.5. The number of halogens is 2. The Morgan fingerprint density at radius 2 is 1.96 bits per heavy atom. The molecule has 2 aliphatic heterocycles. The Morgan fingerprint density at radius 1 is 1.19 bits per heavy atom. The van der Waals surface area contributed by atoms with E-state index >= 15 is 0 Å². The summed E-state index contributed by atoms with van der Waals surface area (Å²) in [6.07, 6.45) is 1.00. The molecule has 142 valence electrons. The second-order valence-electron chi connectivity index (χ2n) is 6.55. The fourth-order valence-electron chi connectivity index (χ4n) is 3.44. The Kier molecular flexibility index (Phi) is 6.92. The van der Waals surface area contributed by atoms with Crippen molar-refractivity contribution in [2.45, 2.75) is 19.9 Å². The summed E-state index contributed by atoms with van der Waals surface area (Å²) in [7, 11) is 0. The molecule has 1 aromatic heterocycles. The molecule has 0 bridgehead atoms. The van der Waals surface area contributed by atoms with E-state index in [1.54, 1.807) is 0 Å². The second kappa shape index (κ2) is 8.75. The molecule has 1 amide bonds. The molecule has 0 radical (unpaired) electrons. The van der Waals surface area contributed by atoms with Crippen LogP contribution >= 0.6 is 24.8 Å². The van der Waals surface area contributed by atoms with Crippen LogP contribution in [0.4, 0.5) is 5.69 Å². The molecule has 2 aliphatic rings. The molecule has 4 rings (SSSR count). The van der Waals surface area contributed by atoms with Crippen molar-refractivity contribution in [2.75, 3.05) is 38.0 Å². The number of aromatic nitrogens is 1. The fourth-order valence-corrected chi connectivity index (χ4v) is 3.44. The van der Waals surface area contributed by atoms with Crippen LogP contribution in [0.2, 0.25) is 0 Å². The molecular weight excluding hydrogens is 375 g/mol. The first-order chi connectivity index (χ1) is 11.7. The van der Waals surface area contributed by atoms with Crippen LogP contribution in [0.15, 0.2) is 28.8 Å². The van der Waals surface area contributed by atoms with Gasteiger partial charge in [-0.3, -0.25) is 9.69 Å². The third-order valence-electron chi connectivity index (χ3n) is 4.78. The maximum Gasteiger partial charge on any atom is 0.253 e. The minimum absolute atomic E-state index is 0. The summed E-state index contributed by atoms with van der Waals surface area (Å²) in [5.41, 5.74) is 4.13. The van der Waals surface area contributed by atoms with Crippen LogP contribution in [0.3, 0.4) is 0 Å². The molecule has 0 saturated carbocycles. The van der Waals surface area contributed by atoms with E-state index in [0.29, 0.717) is 0 Å². The molecule has 1 N–H and O–H groups in total. The van der Waals surface area contributed by atoms with E-state index in [1.165, 1.54) is 11.3 Å². The molecule has 1 aromatic carbocycles. The molecule has 26 heavy (non-hydrogen) atoms. The first-order valence-electron chi connectivity index (χ1n) is 8.50. The lowest BCUT2D eigenvalue weighted by molar-refractivity contribution is 0.0617. The number of hydrogen-bond donors (Lipinski definition) is 1. The molecule has 6 nitrogen and oxygen atoms in total. The molecule has 2 aromatic rings. The van der Waals surface area contributed by atoms with Crippen molar-refractivity contribution in [2.24, 2.45) is 0 Å². The lowest BCUT2D eigenvalue weighted by atomic mass is 10.1. The highest BCUT2D eigenvalue weighted by Crippen LogP contribution is 2.24. The standard InChI is InChI=1S/C18H22N4O2.2ClH/c1-13-10-16(24-20-13)12-21-6-8-22(9-7-21)18(23)15-2-3-17-14(11-15)4-5-19-17;;/h2-3,10-11,19H,4-9,12H2,1H3;2*1H. The molecule has 1 fully saturated rings. The minimum atomic E-state index is 0. The van der Waals surface area contributed by atoms with Crippen molar-refractivity contribution in [3.8, 4) is 0 Å². The number of hydrogen-bond acceptors (Lipinski definition) is 5. The van der Waals surface area contributed by atoms with Gasteiger partial charge in [-0.2, -0.15) is 0 Å². The van der Waals surface area contributed by atoms with Crippen LogP contribution in [-0.2, 0) is 13.0 Å². The minimum Gasteiger partial charge on any atom is -0.384 e. The molecule has 1 saturated heterocycles. The topological polar surface area (TPSA) is 61.6 Å². The maximum atomic E-state index is 12.7. The monoisotopic (exact) mass is 398 g/mol. The number of nitrogens with zero attached hydrogens (tertiary/aromatic N) is 3. The van der Waals surface area contributed by atoms with Crippen molar-refractivity contribution in [1.82, 2.24) is 15.0 Å². The molecule has 3 heterocycles. The third kappa shape index (κ3) is 4.31. The van der Waals surface area contributed by atoms with Gasteiger partial charge in [0.15, 0.2) is 5.76 Å². The molecule has 8 heteroatoms. The molecule has 0 spiro atoms. The first-order valence-corrected chi connectivity index (χ1v) is 8.50. The van der Waals surface area contributed by atoms with Gasteiger partial charge in [-0.15, -0.1) is 24.8 Å². The smallest absolute Gasteiger partial charge is 0.253 e. The molecule has 0 aliphatic carbocycles. The summed E-state index contributed by atoms with van der Waals surface area (Å²) in [6, 6.07) is 7.97. The van der Waals surface area contributed by atoms with Gasteiger partial charge in [0.2, 0.25) is 0 Å². The third-order valence-corrected chi connectivity index (χ3v) is 4.78. The van der Waals surface area contributed by atoms with Crippen LogP contribution < -0.4 is 5.32 Å². The molecule has 0 atom stereocenters. The fraction of sp³-hybridized carbons (Fsp3) is 0.444. The number of rotatable bonds is 3. The zero-order valence-corrected chi connectivity index (χ0v) is 16.4. The largest absolute Gasteiger partial charge is 0.384 e. The zero-order chi connectivity index (χ0) is 16.5. The van der Waals surface area contributed by atoms with E-state index in [9.17, 15) is 4.79 Å². The second-order valence-corrected chi connectivity index (χ2v) is 6.55. The van der Waals surface area contributed by atoms with Gasteiger partial charge >= 0.3 is 0 Å². The van der Waals surface area contributed by atoms with Crippen LogP contribution in [-0.4, -0.2) is 53.6 Å². The number of fused-ring (bicyclic) bond motifs is 1. The van der Waals surface area contributed by atoms with E-state index in [0.717, 1.165) is 62.7 Å². The first kappa shape index (κ1) is 20.6. The van der Waals surface area contributed by atoms with E-state index in [2.05, 4.69) is 15.4 Å². The van der Waals surface area contributed by atoms with Crippen LogP contribution in [0.5, 0.6) is 0 Å². The Morgan fingerprint density at radius 3 is 2.65 bits per heavy atom. The van der Waals surface area contributed by atoms with Gasteiger partial charge in [-0.25, -0.2) is 0 Å². The van der Waals surface area contributed by atoms with Gasteiger partial charge in [0, 0.05) is 50.0 Å². The van der Waals surface area contributed by atoms with Crippen molar-refractivity contribution in [3.63, 3.8) is 0 Å². The number of benzene rings is 1. The summed E-state index contributed by atoms with van der Waals surface area (Å²) in [5.74, 6) is 1.03. The maximum absolute atomic E-state index is 12.7. The molecular formula is C18H24Cl2N4O2. The summed E-state index contributed by atoms with van der Waals surface area (Å²) in [6.45, 7) is 6.87. The average Bonchev–Trinajstić information content (AvgIpc) is 3.23. The van der Waals surface area contributed by atoms with Gasteiger partial charge in [-0.05, 0) is 37.1 Å². The van der Waals surface area contributed by atoms with Gasteiger partial charge < -0.3 is 14.7 Å². The quantitative estimate of drug-likeness (QED) is 0.860. The average molecular weight is 399 g/mol. The summed E-state index contributed by atoms with van der Waals surface area (Å²) < 4.78 is 5.28. The lowest BCUT2D eigenvalue weighted by Gasteiger charge is -2.34. The van der Waals surface area contributed by atoms with Gasteiger partial charge in [0.25, 0.3) is 5.91 Å². The predicted octanol–water partition coefficient (Wildman–Crippen LogP) is 2.75. The van der Waals surface area contributed by atoms with Gasteiger partial charge in [0.05, 0.1) is 12.2 Å². The number of carbonyl (C=O) groups is 1. The number of carbonyl (C=O) groups excluding carboxylic acids is 1. The molecule has 0 unspecified atom stereocenters. The number of amides is 1. The zero-order valence-electron chi connectivity index (χ0n) is 14.7. The van der Waals surface area contributed by atoms with Crippen molar-refractivity contribution in [1.29, 1.82) is 0 Å². The van der Waals surface area contributed by atoms with Crippen molar-refractivity contribution < 1.29 is 9.32 Å². The number of anilines is 1. The SMILES string of the molecule is Cc1cc(CN2CCN(C(=O)c3ccc4c(c3)CCN4)CC2)on1.Cl.Cl. The summed E-state index contributed by atoms with van der Waals surface area (Å²) in [5, 5.41) is 7.25. The van der Waals surface area contributed by atoms with Crippen molar-refractivity contribution in [3.05, 3.63) is 46.8 Å². The predicted molar refractivity (Wildman–Crippen MR) is 106 cm³/mol. The Labute approximate surface area is 165 Å². The number of aryl methyl sites for hydroxylation is 1. The van der Waals surface area contributed by atoms with E-state index in [1.807, 2.05) is 36.1 Å². The lowest BCUT2D eigenvalue weighted by Crippen LogP contribution is -2.48. The Hall–Kier alpha value is -1.76. The van der Waals surface area contributed by atoms with Crippen molar-refractivity contribution >= 4 is 36.4 Å². The normalized spacial score (nSPS) is 16.3. The van der Waals surface area contributed by atoms with E-state index in [4.69, 9.17) is 4.52 Å². The number of nitrogens with one attached hydrogen (secondary N) is 1. The van der Waals surface area contributed by atoms with Crippen LogP contribution in [0.1, 0.15) is 27.4 Å².